The Bertz CT molecular complexity index is 650. The van der Waals surface area contributed by atoms with E-state index in [1.807, 2.05) is 36.4 Å². The molecule has 0 saturated heterocycles. The third kappa shape index (κ3) is 9.36. The maximum atomic E-state index is 10.0. The van der Waals surface area contributed by atoms with Gasteiger partial charge in [-0.1, -0.05) is 55.8 Å². The van der Waals surface area contributed by atoms with E-state index in [0.717, 1.165) is 55.2 Å². The molecule has 3 heteroatoms. The minimum absolute atomic E-state index is 0.329. The maximum absolute atomic E-state index is 10.0. The molecule has 0 spiro atoms. The van der Waals surface area contributed by atoms with Crippen LogP contribution in [0.3, 0.4) is 0 Å². The Kier molecular flexibility index (Phi) is 10.5. The second kappa shape index (κ2) is 12.8. The van der Waals surface area contributed by atoms with E-state index in [2.05, 4.69) is 19.1 Å². The van der Waals surface area contributed by atoms with E-state index < -0.39 is 0 Å². The summed E-state index contributed by atoms with van der Waals surface area (Å²) in [6.07, 6.45) is 10.9. The van der Waals surface area contributed by atoms with Crippen molar-refractivity contribution in [2.24, 2.45) is 0 Å². The van der Waals surface area contributed by atoms with Crippen molar-refractivity contribution in [1.29, 1.82) is 0 Å². The summed E-state index contributed by atoms with van der Waals surface area (Å²) >= 11 is 0. The first-order chi connectivity index (χ1) is 12.2. The normalized spacial score (nSPS) is 10.3. The lowest BCUT2D eigenvalue weighted by molar-refractivity contribution is -0.107. The van der Waals surface area contributed by atoms with Crippen LogP contribution in [0.1, 0.15) is 50.2 Å². The highest BCUT2D eigenvalue weighted by atomic mass is 16.3. The summed E-state index contributed by atoms with van der Waals surface area (Å²) in [4.78, 5) is 10.0. The highest BCUT2D eigenvalue weighted by Crippen LogP contribution is 2.14. The number of aromatic hydroxyl groups is 1. The van der Waals surface area contributed by atoms with Gasteiger partial charge in [0.05, 0.1) is 0 Å². The molecule has 0 amide bonds. The SMILES string of the molecule is CC/C=C\c1ccccc1N.O=CCCCCCc1cccc(O)c1. The zero-order chi connectivity index (χ0) is 18.3. The number of hydrogen-bond donors (Lipinski definition) is 2. The molecule has 0 aliphatic rings. The number of hydrogen-bond acceptors (Lipinski definition) is 3. The van der Waals surface area contributed by atoms with Crippen LogP contribution >= 0.6 is 0 Å². The Hall–Kier alpha value is -2.55. The number of unbranched alkanes of at least 4 members (excludes halogenated alkanes) is 3. The summed E-state index contributed by atoms with van der Waals surface area (Å²) in [6.45, 7) is 2.11. The summed E-state index contributed by atoms with van der Waals surface area (Å²) in [5.74, 6) is 0.329. The van der Waals surface area contributed by atoms with Gasteiger partial charge in [0.15, 0.2) is 0 Å². The van der Waals surface area contributed by atoms with Gasteiger partial charge in [-0.05, 0) is 55.0 Å². The quantitative estimate of drug-likeness (QED) is 0.385. The number of benzene rings is 2. The van der Waals surface area contributed by atoms with Crippen molar-refractivity contribution in [3.63, 3.8) is 0 Å². The number of phenolic OH excluding ortho intramolecular Hbond substituents is 1. The fraction of sp³-hybridized carbons (Fsp3) is 0.318. The summed E-state index contributed by atoms with van der Waals surface area (Å²) in [5, 5.41) is 9.21. The molecule has 0 aliphatic heterocycles. The summed E-state index contributed by atoms with van der Waals surface area (Å²) in [6, 6.07) is 15.2. The second-order valence-corrected chi connectivity index (χ2v) is 5.88. The third-order valence-electron chi connectivity index (χ3n) is 3.73. The molecule has 0 bridgehead atoms. The van der Waals surface area contributed by atoms with E-state index in [9.17, 15) is 9.90 Å². The van der Waals surface area contributed by atoms with Crippen LogP contribution in [0.15, 0.2) is 54.6 Å². The maximum Gasteiger partial charge on any atom is 0.119 e. The number of rotatable bonds is 8. The van der Waals surface area contributed by atoms with E-state index in [0.29, 0.717) is 12.2 Å². The van der Waals surface area contributed by atoms with Crippen molar-refractivity contribution < 1.29 is 9.90 Å². The highest BCUT2D eigenvalue weighted by Gasteiger charge is 1.95. The minimum Gasteiger partial charge on any atom is -0.508 e. The molecule has 0 atom stereocenters. The minimum atomic E-state index is 0.329. The first-order valence-electron chi connectivity index (χ1n) is 8.90. The van der Waals surface area contributed by atoms with E-state index >= 15 is 0 Å². The standard InChI is InChI=1S/C12H16O2.C10H13N/c13-9-4-2-1-3-6-11-7-5-8-12(14)10-11;1-2-3-6-9-7-4-5-8-10(9)11/h5,7-10,14H,1-4,6H2;3-8H,2,11H2,1H3/b;6-3-. The van der Waals surface area contributed by atoms with Crippen molar-refractivity contribution in [1.82, 2.24) is 0 Å². The third-order valence-corrected chi connectivity index (χ3v) is 3.73. The van der Waals surface area contributed by atoms with Crippen LogP contribution < -0.4 is 5.73 Å². The predicted octanol–water partition coefficient (Wildman–Crippen LogP) is 5.39. The molecule has 0 fully saturated rings. The number of aldehydes is 1. The molecule has 2 aromatic carbocycles. The lowest BCUT2D eigenvalue weighted by atomic mass is 10.1. The van der Waals surface area contributed by atoms with Crippen LogP contribution in [0.25, 0.3) is 6.08 Å². The average Bonchev–Trinajstić information content (AvgIpc) is 2.62. The average molecular weight is 339 g/mol. The summed E-state index contributed by atoms with van der Waals surface area (Å²) < 4.78 is 0. The molecule has 0 aromatic heterocycles. The Labute approximate surface area is 151 Å². The Balaban J connectivity index is 0.000000257. The molecule has 3 nitrogen and oxygen atoms in total. The van der Waals surface area contributed by atoms with Crippen molar-refractivity contribution in [2.75, 3.05) is 5.73 Å². The number of aryl methyl sites for hydroxylation is 1. The predicted molar refractivity (Wildman–Crippen MR) is 107 cm³/mol. The molecule has 0 unspecified atom stereocenters. The lowest BCUT2D eigenvalue weighted by Gasteiger charge is -2.01. The van der Waals surface area contributed by atoms with Gasteiger partial charge in [-0.25, -0.2) is 0 Å². The number of carbonyl (C=O) groups excluding carboxylic acids is 1. The number of nitrogens with two attached hydrogens (primary N) is 1. The molecule has 0 aliphatic carbocycles. The smallest absolute Gasteiger partial charge is 0.119 e. The number of nitrogen functional groups attached to an aromatic ring is 1. The second-order valence-electron chi connectivity index (χ2n) is 5.88. The van der Waals surface area contributed by atoms with Crippen LogP contribution in [0, 0.1) is 0 Å². The fourth-order valence-electron chi connectivity index (χ4n) is 2.35. The summed E-state index contributed by atoms with van der Waals surface area (Å²) in [5.41, 5.74) is 8.82. The van der Waals surface area contributed by atoms with Crippen LogP contribution in [-0.2, 0) is 11.2 Å². The number of para-hydroxylation sites is 1. The van der Waals surface area contributed by atoms with Crippen molar-refractivity contribution in [2.45, 2.75) is 45.4 Å². The Morgan fingerprint density at radius 3 is 2.52 bits per heavy atom. The van der Waals surface area contributed by atoms with Gasteiger partial charge in [0.1, 0.15) is 12.0 Å². The fourth-order valence-corrected chi connectivity index (χ4v) is 2.35. The van der Waals surface area contributed by atoms with Crippen LogP contribution in [0.4, 0.5) is 5.69 Å². The van der Waals surface area contributed by atoms with Crippen molar-refractivity contribution in [3.05, 3.63) is 65.7 Å². The molecule has 0 heterocycles. The van der Waals surface area contributed by atoms with Gasteiger partial charge < -0.3 is 15.6 Å². The Morgan fingerprint density at radius 2 is 1.84 bits per heavy atom. The van der Waals surface area contributed by atoms with E-state index in [1.54, 1.807) is 12.1 Å². The first-order valence-corrected chi connectivity index (χ1v) is 8.90. The van der Waals surface area contributed by atoms with E-state index in [1.165, 1.54) is 0 Å². The first kappa shape index (κ1) is 20.5. The zero-order valence-corrected chi connectivity index (χ0v) is 15.0. The molecular formula is C22H29NO2. The monoisotopic (exact) mass is 339 g/mol. The van der Waals surface area contributed by atoms with Gasteiger partial charge in [-0.3, -0.25) is 0 Å². The molecule has 134 valence electrons. The highest BCUT2D eigenvalue weighted by molar-refractivity contribution is 5.63. The molecular weight excluding hydrogens is 310 g/mol. The lowest BCUT2D eigenvalue weighted by Crippen LogP contribution is -1.86. The Morgan fingerprint density at radius 1 is 1.04 bits per heavy atom. The van der Waals surface area contributed by atoms with Crippen LogP contribution in [-0.4, -0.2) is 11.4 Å². The molecule has 2 aromatic rings. The van der Waals surface area contributed by atoms with Gasteiger partial charge >= 0.3 is 0 Å². The van der Waals surface area contributed by atoms with Gasteiger partial charge in [0.2, 0.25) is 0 Å². The number of anilines is 1. The number of phenols is 1. The van der Waals surface area contributed by atoms with Crippen LogP contribution in [0.5, 0.6) is 5.75 Å². The topological polar surface area (TPSA) is 63.3 Å². The number of allylic oxidation sites excluding steroid dienone is 1. The van der Waals surface area contributed by atoms with E-state index in [4.69, 9.17) is 5.73 Å². The van der Waals surface area contributed by atoms with Crippen molar-refractivity contribution >= 4 is 18.0 Å². The van der Waals surface area contributed by atoms with Gasteiger partial charge in [-0.15, -0.1) is 0 Å². The molecule has 2 rings (SSSR count). The zero-order valence-electron chi connectivity index (χ0n) is 15.0. The largest absolute Gasteiger partial charge is 0.508 e. The van der Waals surface area contributed by atoms with Gasteiger partial charge in [0, 0.05) is 12.1 Å². The number of carbonyl (C=O) groups is 1. The van der Waals surface area contributed by atoms with Gasteiger partial charge in [0.25, 0.3) is 0 Å². The molecule has 0 saturated carbocycles. The van der Waals surface area contributed by atoms with Crippen molar-refractivity contribution in [3.8, 4) is 5.75 Å². The van der Waals surface area contributed by atoms with Gasteiger partial charge in [-0.2, -0.15) is 0 Å². The van der Waals surface area contributed by atoms with E-state index in [-0.39, 0.29) is 0 Å². The molecule has 3 N–H and O–H groups in total. The van der Waals surface area contributed by atoms with Crippen LogP contribution in [0.2, 0.25) is 0 Å². The summed E-state index contributed by atoms with van der Waals surface area (Å²) in [7, 11) is 0. The molecule has 25 heavy (non-hydrogen) atoms. The molecule has 0 radical (unpaired) electrons.